The highest BCUT2D eigenvalue weighted by atomic mass is 32.2. The first-order valence-corrected chi connectivity index (χ1v) is 17.8. The van der Waals surface area contributed by atoms with Crippen LogP contribution >= 0.6 is 11.9 Å². The van der Waals surface area contributed by atoms with E-state index in [0.717, 1.165) is 28.8 Å². The Balaban J connectivity index is 1.70. The van der Waals surface area contributed by atoms with Crippen molar-refractivity contribution < 1.29 is 24.2 Å². The molecule has 0 bridgehead atoms. The number of nitrogens with zero attached hydrogens (tertiary/aromatic N) is 2. The summed E-state index contributed by atoms with van der Waals surface area (Å²) in [6, 6.07) is 12.8. The smallest absolute Gasteiger partial charge is 0.407 e. The molecule has 1 heterocycles. The van der Waals surface area contributed by atoms with E-state index in [-0.39, 0.29) is 23.6 Å². The minimum absolute atomic E-state index is 0.0854. The van der Waals surface area contributed by atoms with Crippen molar-refractivity contribution in [2.24, 2.45) is 11.3 Å². The normalized spacial score (nSPS) is 14.7. The molecule has 1 aromatic heterocycles. The van der Waals surface area contributed by atoms with Crippen LogP contribution < -0.4 is 14.8 Å². The fourth-order valence-corrected chi connectivity index (χ4v) is 6.84. The lowest BCUT2D eigenvalue weighted by Crippen LogP contribution is -2.44. The zero-order valence-corrected chi connectivity index (χ0v) is 30.6. The van der Waals surface area contributed by atoms with E-state index in [4.69, 9.17) is 19.4 Å². The summed E-state index contributed by atoms with van der Waals surface area (Å²) < 4.78 is 15.3. The van der Waals surface area contributed by atoms with Crippen molar-refractivity contribution in [3.05, 3.63) is 64.7 Å². The van der Waals surface area contributed by atoms with Crippen LogP contribution in [0.5, 0.6) is 5.88 Å². The van der Waals surface area contributed by atoms with Crippen LogP contribution in [-0.4, -0.2) is 45.4 Å². The number of alkyl carbamates (subject to hydrolysis) is 1. The SMILES string of the molecule is Cc1cccc(CC2CCCCC2)c1-c1nc(NSc2cccc(C(=O)O)c2)nc(OCC(CC(C)(C)C)NC(=O)OC(C)(C)C)c1C. The molecule has 1 aliphatic rings. The lowest BCUT2D eigenvalue weighted by molar-refractivity contribution is 0.0470. The van der Waals surface area contributed by atoms with Gasteiger partial charge in [0.25, 0.3) is 0 Å². The van der Waals surface area contributed by atoms with E-state index in [1.165, 1.54) is 49.6 Å². The third kappa shape index (κ3) is 11.1. The number of aryl methyl sites for hydroxylation is 1. The highest BCUT2D eigenvalue weighted by Crippen LogP contribution is 2.37. The first-order valence-electron chi connectivity index (χ1n) is 16.9. The highest BCUT2D eigenvalue weighted by Gasteiger charge is 2.26. The minimum atomic E-state index is -0.989. The van der Waals surface area contributed by atoms with Gasteiger partial charge in [0, 0.05) is 16.0 Å². The fourth-order valence-electron chi connectivity index (χ4n) is 6.21. The molecular formula is C38H52N4O5S. The van der Waals surface area contributed by atoms with E-state index in [2.05, 4.69) is 55.9 Å². The van der Waals surface area contributed by atoms with Gasteiger partial charge >= 0.3 is 12.1 Å². The molecule has 3 N–H and O–H groups in total. The summed E-state index contributed by atoms with van der Waals surface area (Å²) in [6.07, 6.45) is 7.50. The molecule has 0 radical (unpaired) electrons. The zero-order chi connectivity index (χ0) is 35.1. The van der Waals surface area contributed by atoms with E-state index in [9.17, 15) is 14.7 Å². The Hall–Kier alpha value is -3.79. The third-order valence-electron chi connectivity index (χ3n) is 8.27. The van der Waals surface area contributed by atoms with Crippen molar-refractivity contribution in [3.63, 3.8) is 0 Å². The lowest BCUT2D eigenvalue weighted by Gasteiger charge is -2.28. The van der Waals surface area contributed by atoms with Crippen LogP contribution in [0, 0.1) is 25.2 Å². The molecule has 0 spiro atoms. The summed E-state index contributed by atoms with van der Waals surface area (Å²) in [6.45, 7) is 16.2. The van der Waals surface area contributed by atoms with Gasteiger partial charge in [0.15, 0.2) is 0 Å². The second-order valence-electron chi connectivity index (χ2n) is 15.1. The first kappa shape index (κ1) is 37.0. The second-order valence-corrected chi connectivity index (χ2v) is 16.0. The van der Waals surface area contributed by atoms with Crippen molar-refractivity contribution in [1.82, 2.24) is 15.3 Å². The molecule has 3 aromatic rings. The van der Waals surface area contributed by atoms with E-state index in [1.807, 2.05) is 33.8 Å². The standard InChI is InChI=1S/C38H52N4O5S/c1-24-14-12-17-27(20-26-15-10-9-11-16-26)31(24)32-25(2)33(41-35(40-32)42-48-30-19-13-18-28(21-30)34(43)44)46-23-29(22-37(3,4)5)39-36(45)47-38(6,7)8/h12-14,17-19,21,26,29H,9-11,15-16,20,22-23H2,1-8H3,(H,39,45)(H,43,44)(H,40,41,42). The molecule has 1 aliphatic carbocycles. The number of amides is 1. The zero-order valence-electron chi connectivity index (χ0n) is 29.7. The number of hydrogen-bond acceptors (Lipinski definition) is 8. The van der Waals surface area contributed by atoms with Gasteiger partial charge in [0.1, 0.15) is 12.2 Å². The topological polar surface area (TPSA) is 123 Å². The highest BCUT2D eigenvalue weighted by molar-refractivity contribution is 8.00. The summed E-state index contributed by atoms with van der Waals surface area (Å²) in [5.41, 5.74) is 4.57. The Bertz CT molecular complexity index is 1570. The van der Waals surface area contributed by atoms with E-state index < -0.39 is 17.7 Å². The minimum Gasteiger partial charge on any atom is -0.478 e. The number of carboxylic acids is 1. The van der Waals surface area contributed by atoms with Crippen molar-refractivity contribution in [3.8, 4) is 17.1 Å². The van der Waals surface area contributed by atoms with Crippen molar-refractivity contribution in [2.75, 3.05) is 11.3 Å². The molecule has 10 heteroatoms. The maximum absolute atomic E-state index is 12.8. The molecule has 260 valence electrons. The molecule has 0 aliphatic heterocycles. The third-order valence-corrected chi connectivity index (χ3v) is 9.05. The van der Waals surface area contributed by atoms with Gasteiger partial charge in [-0.2, -0.15) is 4.98 Å². The largest absolute Gasteiger partial charge is 0.478 e. The second kappa shape index (κ2) is 16.1. The van der Waals surface area contributed by atoms with Gasteiger partial charge in [-0.1, -0.05) is 77.1 Å². The van der Waals surface area contributed by atoms with E-state index in [0.29, 0.717) is 29.1 Å². The molecule has 2 aromatic carbocycles. The van der Waals surface area contributed by atoms with Gasteiger partial charge in [0.05, 0.1) is 17.3 Å². The number of aromatic nitrogens is 2. The number of carbonyl (C=O) groups is 2. The van der Waals surface area contributed by atoms with Gasteiger partial charge in [-0.25, -0.2) is 14.6 Å². The number of benzene rings is 2. The number of carboxylic acid groups (broad SMARTS) is 1. The van der Waals surface area contributed by atoms with E-state index >= 15 is 0 Å². The fraction of sp³-hybridized carbons (Fsp3) is 0.526. The number of nitrogens with one attached hydrogen (secondary N) is 2. The molecule has 1 amide bonds. The number of hydrogen-bond donors (Lipinski definition) is 3. The molecule has 0 saturated heterocycles. The maximum Gasteiger partial charge on any atom is 0.407 e. The quantitative estimate of drug-likeness (QED) is 0.161. The molecule has 4 rings (SSSR count). The van der Waals surface area contributed by atoms with Gasteiger partial charge < -0.3 is 19.9 Å². The molecule has 9 nitrogen and oxygen atoms in total. The molecule has 1 fully saturated rings. The summed E-state index contributed by atoms with van der Waals surface area (Å²) >= 11 is 1.24. The number of carbonyl (C=O) groups excluding carboxylic acids is 1. The van der Waals surface area contributed by atoms with Crippen LogP contribution in [-0.2, 0) is 11.2 Å². The average molecular weight is 677 g/mol. The number of ether oxygens (including phenoxy) is 2. The van der Waals surface area contributed by atoms with Crippen LogP contribution in [0.1, 0.15) is 107 Å². The van der Waals surface area contributed by atoms with Gasteiger partial charge in [-0.05, 0) is 100 Å². The Morgan fingerprint density at radius 1 is 1.00 bits per heavy atom. The van der Waals surface area contributed by atoms with E-state index in [1.54, 1.807) is 18.2 Å². The Morgan fingerprint density at radius 3 is 2.38 bits per heavy atom. The number of aromatic carboxylic acids is 1. The van der Waals surface area contributed by atoms with Gasteiger partial charge in [-0.15, -0.1) is 0 Å². The lowest BCUT2D eigenvalue weighted by atomic mass is 9.82. The Morgan fingerprint density at radius 2 is 1.71 bits per heavy atom. The molecule has 1 atom stereocenters. The molecular weight excluding hydrogens is 625 g/mol. The number of anilines is 1. The molecule has 1 saturated carbocycles. The predicted molar refractivity (Wildman–Crippen MR) is 193 cm³/mol. The number of rotatable bonds is 12. The predicted octanol–water partition coefficient (Wildman–Crippen LogP) is 9.41. The van der Waals surface area contributed by atoms with Crippen LogP contribution in [0.3, 0.4) is 0 Å². The van der Waals surface area contributed by atoms with Crippen molar-refractivity contribution in [1.29, 1.82) is 0 Å². The van der Waals surface area contributed by atoms with Crippen LogP contribution in [0.2, 0.25) is 0 Å². The summed E-state index contributed by atoms with van der Waals surface area (Å²) in [5.74, 6) is 0.413. The van der Waals surface area contributed by atoms with Crippen LogP contribution in [0.25, 0.3) is 11.3 Å². The van der Waals surface area contributed by atoms with Crippen LogP contribution in [0.4, 0.5) is 10.7 Å². The Kier molecular flexibility index (Phi) is 12.4. The van der Waals surface area contributed by atoms with Gasteiger partial charge in [-0.3, -0.25) is 4.72 Å². The Labute approximate surface area is 290 Å². The monoisotopic (exact) mass is 676 g/mol. The summed E-state index contributed by atoms with van der Waals surface area (Å²) in [4.78, 5) is 34.9. The molecule has 48 heavy (non-hydrogen) atoms. The average Bonchev–Trinajstić information content (AvgIpc) is 2.99. The molecule has 1 unspecified atom stereocenters. The summed E-state index contributed by atoms with van der Waals surface area (Å²) in [7, 11) is 0. The van der Waals surface area contributed by atoms with Crippen molar-refractivity contribution >= 4 is 30.0 Å². The van der Waals surface area contributed by atoms with Crippen LogP contribution in [0.15, 0.2) is 47.4 Å². The maximum atomic E-state index is 12.8. The van der Waals surface area contributed by atoms with Gasteiger partial charge in [0.2, 0.25) is 11.8 Å². The van der Waals surface area contributed by atoms with Crippen molar-refractivity contribution in [2.45, 2.75) is 117 Å². The summed E-state index contributed by atoms with van der Waals surface area (Å²) in [5, 5.41) is 12.5. The first-order chi connectivity index (χ1) is 22.6.